The summed E-state index contributed by atoms with van der Waals surface area (Å²) in [6.07, 6.45) is 0.255. The molecular weight excluding hydrogens is 334 g/mol. The lowest BCUT2D eigenvalue weighted by molar-refractivity contribution is 0.0503. The summed E-state index contributed by atoms with van der Waals surface area (Å²) in [6, 6.07) is 12.0. The topological polar surface area (TPSA) is 105 Å². The molecule has 7 nitrogen and oxygen atoms in total. The number of hydrogen-bond acceptors (Lipinski definition) is 7. The van der Waals surface area contributed by atoms with Gasteiger partial charge in [0.1, 0.15) is 5.84 Å². The second kappa shape index (κ2) is 5.76. The van der Waals surface area contributed by atoms with Gasteiger partial charge in [0.05, 0.1) is 11.3 Å². The van der Waals surface area contributed by atoms with Crippen LogP contribution >= 0.6 is 0 Å². The third-order valence-electron chi connectivity index (χ3n) is 4.84. The number of aliphatic hydroxyl groups is 1. The van der Waals surface area contributed by atoms with Crippen LogP contribution in [0, 0.1) is 6.92 Å². The third kappa shape index (κ3) is 2.33. The molecule has 1 fully saturated rings. The Labute approximate surface area is 149 Å². The van der Waals surface area contributed by atoms with Gasteiger partial charge in [-0.05, 0) is 43.3 Å². The van der Waals surface area contributed by atoms with E-state index >= 15 is 0 Å². The van der Waals surface area contributed by atoms with Gasteiger partial charge in [-0.15, -0.1) is 0 Å². The molecule has 0 spiro atoms. The maximum absolute atomic E-state index is 12.9. The van der Waals surface area contributed by atoms with Gasteiger partial charge in [-0.3, -0.25) is 4.79 Å². The fourth-order valence-corrected chi connectivity index (χ4v) is 3.45. The van der Waals surface area contributed by atoms with Crippen LogP contribution in [-0.2, 0) is 4.84 Å². The lowest BCUT2D eigenvalue weighted by Gasteiger charge is -2.29. The lowest BCUT2D eigenvalue weighted by atomic mass is 9.87. The van der Waals surface area contributed by atoms with Crippen LogP contribution in [0.3, 0.4) is 0 Å². The van der Waals surface area contributed by atoms with Gasteiger partial charge in [-0.1, -0.05) is 11.6 Å². The van der Waals surface area contributed by atoms with E-state index in [9.17, 15) is 14.7 Å². The minimum Gasteiger partial charge on any atom is -0.374 e. The van der Waals surface area contributed by atoms with E-state index in [2.05, 4.69) is 9.83 Å². The zero-order valence-electron chi connectivity index (χ0n) is 14.1. The number of aliphatic imine (C=N–C) groups is 1. The first-order chi connectivity index (χ1) is 12.4. The van der Waals surface area contributed by atoms with E-state index in [4.69, 9.17) is 5.90 Å². The molecule has 2 aromatic rings. The molecule has 0 saturated carbocycles. The molecule has 2 aliphatic rings. The van der Waals surface area contributed by atoms with Crippen molar-refractivity contribution in [1.29, 1.82) is 0 Å². The normalized spacial score (nSPS) is 21.1. The predicted octanol–water partition coefficient (Wildman–Crippen LogP) is 1.89. The van der Waals surface area contributed by atoms with Crippen molar-refractivity contribution in [1.82, 2.24) is 0 Å². The number of fused-ring (bicyclic) bond motifs is 2. The summed E-state index contributed by atoms with van der Waals surface area (Å²) in [5, 5.41) is 11.0. The van der Waals surface area contributed by atoms with Crippen molar-refractivity contribution in [2.24, 2.45) is 10.9 Å². The van der Waals surface area contributed by atoms with E-state index < -0.39 is 11.6 Å². The fraction of sp³-hybridized carbons (Fsp3) is 0.211. The molecule has 7 heteroatoms. The number of amidine groups is 1. The number of Topliss-reactive ketones (excluding diaryl/α,β-unsaturated/α-hetero) is 1. The maximum Gasteiger partial charge on any atom is 0.356 e. The third-order valence-corrected chi connectivity index (χ3v) is 4.84. The van der Waals surface area contributed by atoms with Gasteiger partial charge in [-0.25, -0.2) is 9.79 Å². The molecule has 0 amide bonds. The van der Waals surface area contributed by atoms with E-state index in [1.165, 1.54) is 0 Å². The number of anilines is 1. The van der Waals surface area contributed by atoms with Crippen LogP contribution in [-0.4, -0.2) is 34.8 Å². The standard InChI is InChI=1S/C19H17N3O4/c1-11-2-7-15-14(10-11)16(23)19(25)8-9-22(18(19)21-15)13-5-3-12(4-6-13)17(24)26-20/h2-7,10,25H,8-9,20H2,1H3. The molecule has 0 radical (unpaired) electrons. The number of aryl methyl sites for hydroxylation is 1. The van der Waals surface area contributed by atoms with Crippen LogP contribution in [0.25, 0.3) is 0 Å². The average Bonchev–Trinajstić information content (AvgIpc) is 3.00. The zero-order chi connectivity index (χ0) is 18.5. The van der Waals surface area contributed by atoms with Gasteiger partial charge in [0.2, 0.25) is 5.78 Å². The maximum atomic E-state index is 12.9. The Kier molecular flexibility index (Phi) is 3.64. The fourth-order valence-electron chi connectivity index (χ4n) is 3.45. The summed E-state index contributed by atoms with van der Waals surface area (Å²) in [6.45, 7) is 2.33. The van der Waals surface area contributed by atoms with Crippen LogP contribution < -0.4 is 10.8 Å². The molecular formula is C19H17N3O4. The van der Waals surface area contributed by atoms with Crippen molar-refractivity contribution in [2.45, 2.75) is 18.9 Å². The molecule has 1 atom stereocenters. The molecule has 3 N–H and O–H groups in total. The van der Waals surface area contributed by atoms with Crippen molar-refractivity contribution < 1.29 is 19.5 Å². The second-order valence-electron chi connectivity index (χ2n) is 6.50. The van der Waals surface area contributed by atoms with Gasteiger partial charge in [0.25, 0.3) is 0 Å². The van der Waals surface area contributed by atoms with E-state index in [1.54, 1.807) is 41.3 Å². The SMILES string of the molecule is Cc1ccc2c(c1)C(=O)C1(O)CCN(c3ccc(C(=O)ON)cc3)C1=N2. The molecule has 0 aliphatic carbocycles. The number of nitrogens with two attached hydrogens (primary N) is 1. The highest BCUT2D eigenvalue weighted by Crippen LogP contribution is 2.39. The summed E-state index contributed by atoms with van der Waals surface area (Å²) in [4.78, 5) is 34.9. The summed E-state index contributed by atoms with van der Waals surface area (Å²) in [5.74, 6) is 4.24. The largest absolute Gasteiger partial charge is 0.374 e. The van der Waals surface area contributed by atoms with Gasteiger partial charge in [-0.2, -0.15) is 5.90 Å². The first-order valence-corrected chi connectivity index (χ1v) is 8.20. The van der Waals surface area contributed by atoms with Crippen LogP contribution in [0.2, 0.25) is 0 Å². The second-order valence-corrected chi connectivity index (χ2v) is 6.50. The van der Waals surface area contributed by atoms with Gasteiger partial charge in [0.15, 0.2) is 5.60 Å². The molecule has 1 saturated heterocycles. The molecule has 26 heavy (non-hydrogen) atoms. The Morgan fingerprint density at radius 2 is 2.00 bits per heavy atom. The highest BCUT2D eigenvalue weighted by atomic mass is 16.7. The molecule has 2 heterocycles. The molecule has 4 rings (SSSR count). The molecule has 0 aromatic heterocycles. The first kappa shape index (κ1) is 16.4. The van der Waals surface area contributed by atoms with Crippen LogP contribution in [0.4, 0.5) is 11.4 Å². The molecule has 0 bridgehead atoms. The summed E-state index contributed by atoms with van der Waals surface area (Å²) in [5.41, 5.74) is 1.34. The number of benzene rings is 2. The highest BCUT2D eigenvalue weighted by Gasteiger charge is 2.52. The number of ketones is 1. The van der Waals surface area contributed by atoms with E-state index in [0.717, 1.165) is 11.3 Å². The number of carbonyl (C=O) groups excluding carboxylic acids is 2. The summed E-state index contributed by atoms with van der Waals surface area (Å²) >= 11 is 0. The van der Waals surface area contributed by atoms with Gasteiger partial charge in [0, 0.05) is 24.2 Å². The quantitative estimate of drug-likeness (QED) is 0.801. The number of carbonyl (C=O) groups is 2. The van der Waals surface area contributed by atoms with Crippen LogP contribution in [0.15, 0.2) is 47.5 Å². The van der Waals surface area contributed by atoms with Crippen molar-refractivity contribution in [3.05, 3.63) is 59.2 Å². The summed E-state index contributed by atoms with van der Waals surface area (Å²) in [7, 11) is 0. The first-order valence-electron chi connectivity index (χ1n) is 8.20. The van der Waals surface area contributed by atoms with E-state index in [1.807, 2.05) is 13.0 Å². The van der Waals surface area contributed by atoms with Crippen molar-refractivity contribution >= 4 is 29.0 Å². The number of hydrogen-bond donors (Lipinski definition) is 2. The van der Waals surface area contributed by atoms with E-state index in [-0.39, 0.29) is 12.2 Å². The van der Waals surface area contributed by atoms with E-state index in [0.29, 0.717) is 29.2 Å². The van der Waals surface area contributed by atoms with Gasteiger partial charge < -0.3 is 14.8 Å². The zero-order valence-corrected chi connectivity index (χ0v) is 14.1. The Morgan fingerprint density at radius 1 is 1.27 bits per heavy atom. The molecule has 1 unspecified atom stereocenters. The number of nitrogens with zero attached hydrogens (tertiary/aromatic N) is 2. The number of rotatable bonds is 2. The Hall–Kier alpha value is -3.03. The smallest absolute Gasteiger partial charge is 0.356 e. The Bertz CT molecular complexity index is 952. The van der Waals surface area contributed by atoms with Crippen molar-refractivity contribution in [3.63, 3.8) is 0 Å². The Morgan fingerprint density at radius 3 is 2.69 bits per heavy atom. The van der Waals surface area contributed by atoms with Gasteiger partial charge >= 0.3 is 5.97 Å². The predicted molar refractivity (Wildman–Crippen MR) is 95.6 cm³/mol. The molecule has 2 aliphatic heterocycles. The minimum absolute atomic E-state index is 0.255. The van der Waals surface area contributed by atoms with Crippen molar-refractivity contribution in [2.75, 3.05) is 11.4 Å². The lowest BCUT2D eigenvalue weighted by Crippen LogP contribution is -2.48. The molecule has 132 valence electrons. The average molecular weight is 351 g/mol. The Balaban J connectivity index is 1.76. The van der Waals surface area contributed by atoms with Crippen LogP contribution in [0.1, 0.15) is 32.7 Å². The molecule has 2 aromatic carbocycles. The monoisotopic (exact) mass is 351 g/mol. The van der Waals surface area contributed by atoms with Crippen molar-refractivity contribution in [3.8, 4) is 0 Å². The highest BCUT2D eigenvalue weighted by molar-refractivity contribution is 6.28. The summed E-state index contributed by atoms with van der Waals surface area (Å²) < 4.78 is 0. The minimum atomic E-state index is -1.63. The van der Waals surface area contributed by atoms with Crippen LogP contribution in [0.5, 0.6) is 0 Å².